The molecule has 6 nitrogen and oxygen atoms in total. The van der Waals surface area contributed by atoms with Crippen LogP contribution in [0.3, 0.4) is 0 Å². The SMILES string of the molecule is Cc1cscc1-c1noc(-c2cn(CCN)cn2)n1. The Hall–Kier alpha value is -1.99. The van der Waals surface area contributed by atoms with Gasteiger partial charge in [-0.1, -0.05) is 5.16 Å². The number of rotatable bonds is 4. The van der Waals surface area contributed by atoms with Gasteiger partial charge in [-0.15, -0.1) is 0 Å². The van der Waals surface area contributed by atoms with E-state index in [1.165, 1.54) is 0 Å². The van der Waals surface area contributed by atoms with Gasteiger partial charge in [0.25, 0.3) is 5.89 Å². The van der Waals surface area contributed by atoms with E-state index in [1.807, 2.05) is 23.1 Å². The van der Waals surface area contributed by atoms with E-state index in [4.69, 9.17) is 10.3 Å². The van der Waals surface area contributed by atoms with Crippen molar-refractivity contribution in [3.8, 4) is 23.0 Å². The number of nitrogens with two attached hydrogens (primary N) is 1. The third kappa shape index (κ3) is 2.29. The van der Waals surface area contributed by atoms with Gasteiger partial charge in [0.05, 0.1) is 6.33 Å². The van der Waals surface area contributed by atoms with Gasteiger partial charge in [0.2, 0.25) is 5.82 Å². The van der Waals surface area contributed by atoms with Crippen LogP contribution in [0.5, 0.6) is 0 Å². The van der Waals surface area contributed by atoms with Crippen molar-refractivity contribution in [2.45, 2.75) is 13.5 Å². The molecule has 0 radical (unpaired) electrons. The largest absolute Gasteiger partial charge is 0.335 e. The van der Waals surface area contributed by atoms with Gasteiger partial charge in [0.1, 0.15) is 5.69 Å². The molecule has 0 aromatic carbocycles. The standard InChI is InChI=1S/C12H13N5OS/c1-8-5-19-6-9(8)11-15-12(18-16-11)10-4-17(3-2-13)7-14-10/h4-7H,2-3,13H2,1H3. The predicted molar refractivity (Wildman–Crippen MR) is 72.6 cm³/mol. The minimum absolute atomic E-state index is 0.427. The van der Waals surface area contributed by atoms with Crippen molar-refractivity contribution in [2.24, 2.45) is 5.73 Å². The van der Waals surface area contributed by atoms with E-state index in [9.17, 15) is 0 Å². The molecule has 3 rings (SSSR count). The van der Waals surface area contributed by atoms with Gasteiger partial charge in [-0.25, -0.2) is 4.98 Å². The molecule has 0 bridgehead atoms. The predicted octanol–water partition coefficient (Wildman–Crippen LogP) is 1.93. The lowest BCUT2D eigenvalue weighted by atomic mass is 10.2. The molecule has 0 unspecified atom stereocenters. The third-order valence-corrected chi connectivity index (χ3v) is 3.62. The molecule has 0 spiro atoms. The molecular weight excluding hydrogens is 262 g/mol. The van der Waals surface area contributed by atoms with Gasteiger partial charge in [-0.3, -0.25) is 0 Å². The van der Waals surface area contributed by atoms with Crippen LogP contribution in [0, 0.1) is 6.92 Å². The zero-order chi connectivity index (χ0) is 13.2. The molecule has 0 saturated heterocycles. The summed E-state index contributed by atoms with van der Waals surface area (Å²) in [7, 11) is 0. The molecule has 98 valence electrons. The van der Waals surface area contributed by atoms with Crippen molar-refractivity contribution in [1.29, 1.82) is 0 Å². The zero-order valence-corrected chi connectivity index (χ0v) is 11.2. The number of aryl methyl sites for hydroxylation is 1. The lowest BCUT2D eigenvalue weighted by Crippen LogP contribution is -2.07. The maximum atomic E-state index is 5.49. The lowest BCUT2D eigenvalue weighted by molar-refractivity contribution is 0.431. The van der Waals surface area contributed by atoms with Crippen LogP contribution in [0.15, 0.2) is 27.8 Å². The highest BCUT2D eigenvalue weighted by molar-refractivity contribution is 7.08. The third-order valence-electron chi connectivity index (χ3n) is 2.76. The summed E-state index contributed by atoms with van der Waals surface area (Å²) < 4.78 is 7.16. The van der Waals surface area contributed by atoms with Gasteiger partial charge in [0, 0.05) is 30.2 Å². The molecule has 0 fully saturated rings. The fourth-order valence-electron chi connectivity index (χ4n) is 1.77. The molecule has 2 N–H and O–H groups in total. The van der Waals surface area contributed by atoms with E-state index >= 15 is 0 Å². The molecule has 0 atom stereocenters. The van der Waals surface area contributed by atoms with Crippen molar-refractivity contribution >= 4 is 11.3 Å². The number of hydrogen-bond acceptors (Lipinski definition) is 6. The van der Waals surface area contributed by atoms with Crippen molar-refractivity contribution in [2.75, 3.05) is 6.54 Å². The molecule has 3 aromatic rings. The van der Waals surface area contributed by atoms with Crippen LogP contribution in [-0.4, -0.2) is 26.2 Å². The highest BCUT2D eigenvalue weighted by Gasteiger charge is 2.14. The van der Waals surface area contributed by atoms with Gasteiger partial charge in [0.15, 0.2) is 0 Å². The molecule has 0 aliphatic rings. The smallest absolute Gasteiger partial charge is 0.278 e. The summed E-state index contributed by atoms with van der Waals surface area (Å²) in [6, 6.07) is 0. The summed E-state index contributed by atoms with van der Waals surface area (Å²) in [5.41, 5.74) is 8.31. The molecular formula is C12H13N5OS. The van der Waals surface area contributed by atoms with Crippen LogP contribution >= 0.6 is 11.3 Å². The normalized spacial score (nSPS) is 11.1. The molecule has 7 heteroatoms. The van der Waals surface area contributed by atoms with Crippen LogP contribution in [-0.2, 0) is 6.54 Å². The van der Waals surface area contributed by atoms with Gasteiger partial charge in [-0.05, 0) is 17.9 Å². The van der Waals surface area contributed by atoms with Crippen molar-refractivity contribution in [3.63, 3.8) is 0 Å². The maximum Gasteiger partial charge on any atom is 0.278 e. The molecule has 3 aromatic heterocycles. The van der Waals surface area contributed by atoms with Crippen molar-refractivity contribution in [1.82, 2.24) is 19.7 Å². The van der Waals surface area contributed by atoms with E-state index in [0.29, 0.717) is 24.0 Å². The fraction of sp³-hybridized carbons (Fsp3) is 0.250. The first kappa shape index (κ1) is 12.1. The first-order valence-corrected chi connectivity index (χ1v) is 6.81. The van der Waals surface area contributed by atoms with Crippen LogP contribution in [0.25, 0.3) is 23.0 Å². The van der Waals surface area contributed by atoms with E-state index < -0.39 is 0 Å². The van der Waals surface area contributed by atoms with Crippen molar-refractivity contribution < 1.29 is 4.52 Å². The second-order valence-electron chi connectivity index (χ2n) is 4.18. The Morgan fingerprint density at radius 2 is 2.32 bits per heavy atom. The van der Waals surface area contributed by atoms with E-state index in [1.54, 1.807) is 17.7 Å². The summed E-state index contributed by atoms with van der Waals surface area (Å²) >= 11 is 1.62. The average Bonchev–Trinajstić information content (AvgIpc) is 3.08. The molecule has 3 heterocycles. The van der Waals surface area contributed by atoms with Gasteiger partial charge in [-0.2, -0.15) is 16.3 Å². The minimum Gasteiger partial charge on any atom is -0.335 e. The molecule has 19 heavy (non-hydrogen) atoms. The maximum absolute atomic E-state index is 5.49. The van der Waals surface area contributed by atoms with E-state index in [2.05, 4.69) is 20.5 Å². The van der Waals surface area contributed by atoms with Gasteiger partial charge < -0.3 is 14.8 Å². The molecule has 0 aliphatic carbocycles. The highest BCUT2D eigenvalue weighted by atomic mass is 32.1. The number of hydrogen-bond donors (Lipinski definition) is 1. The molecule has 0 saturated carbocycles. The average molecular weight is 275 g/mol. The monoisotopic (exact) mass is 275 g/mol. The van der Waals surface area contributed by atoms with Crippen molar-refractivity contribution in [3.05, 3.63) is 28.8 Å². The second-order valence-corrected chi connectivity index (χ2v) is 4.92. The number of nitrogens with zero attached hydrogens (tertiary/aromatic N) is 4. The summed E-state index contributed by atoms with van der Waals surface area (Å²) in [4.78, 5) is 8.61. The summed E-state index contributed by atoms with van der Waals surface area (Å²) in [5, 5.41) is 8.07. The first-order chi connectivity index (χ1) is 9.28. The first-order valence-electron chi connectivity index (χ1n) is 5.87. The minimum atomic E-state index is 0.427. The summed E-state index contributed by atoms with van der Waals surface area (Å²) in [5.74, 6) is 1.03. The Morgan fingerprint density at radius 3 is 3.05 bits per heavy atom. The van der Waals surface area contributed by atoms with Crippen LogP contribution in [0.1, 0.15) is 5.56 Å². The Bertz CT molecular complexity index is 684. The Balaban J connectivity index is 1.90. The Kier molecular flexibility index (Phi) is 3.14. The highest BCUT2D eigenvalue weighted by Crippen LogP contribution is 2.26. The van der Waals surface area contributed by atoms with Gasteiger partial charge >= 0.3 is 0 Å². The number of imidazole rings is 1. The second kappa shape index (κ2) is 4.94. The Labute approximate surface area is 113 Å². The lowest BCUT2D eigenvalue weighted by Gasteiger charge is -1.94. The van der Waals surface area contributed by atoms with E-state index in [0.717, 1.165) is 17.7 Å². The topological polar surface area (TPSA) is 82.8 Å². The van der Waals surface area contributed by atoms with E-state index in [-0.39, 0.29) is 0 Å². The summed E-state index contributed by atoms with van der Waals surface area (Å²) in [6.45, 7) is 3.31. The van der Waals surface area contributed by atoms with Crippen LogP contribution < -0.4 is 5.73 Å². The van der Waals surface area contributed by atoms with Crippen LogP contribution in [0.2, 0.25) is 0 Å². The summed E-state index contributed by atoms with van der Waals surface area (Å²) in [6.07, 6.45) is 3.56. The zero-order valence-electron chi connectivity index (χ0n) is 10.4. The molecule has 0 amide bonds. The van der Waals surface area contributed by atoms with Crippen LogP contribution in [0.4, 0.5) is 0 Å². The number of aromatic nitrogens is 4. The number of thiophene rings is 1. The fourth-order valence-corrected chi connectivity index (χ4v) is 2.59. The quantitative estimate of drug-likeness (QED) is 0.786. The molecule has 0 aliphatic heterocycles. The Morgan fingerprint density at radius 1 is 1.42 bits per heavy atom.